The van der Waals surface area contributed by atoms with Crippen molar-refractivity contribution in [2.75, 3.05) is 5.73 Å². The summed E-state index contributed by atoms with van der Waals surface area (Å²) in [5.41, 5.74) is 7.72. The summed E-state index contributed by atoms with van der Waals surface area (Å²) in [4.78, 5) is 17.9. The minimum atomic E-state index is -0.610. The van der Waals surface area contributed by atoms with E-state index in [2.05, 4.69) is 16.9 Å². The summed E-state index contributed by atoms with van der Waals surface area (Å²) in [6, 6.07) is 3.79. The molecule has 3 atom stereocenters. The van der Waals surface area contributed by atoms with Crippen molar-refractivity contribution in [3.63, 3.8) is 0 Å². The molecule has 20 heavy (non-hydrogen) atoms. The van der Waals surface area contributed by atoms with Crippen LogP contribution in [-0.4, -0.2) is 27.3 Å². The molecule has 1 aliphatic rings. The Hall–Kier alpha value is -1.92. The van der Waals surface area contributed by atoms with Crippen molar-refractivity contribution in [3.8, 4) is 0 Å². The van der Waals surface area contributed by atoms with Gasteiger partial charge in [-0.15, -0.1) is 0 Å². The number of fused-ring (bicyclic) bond motifs is 1. The van der Waals surface area contributed by atoms with E-state index in [1.165, 1.54) is 0 Å². The molecule has 4 N–H and O–H groups in total. The minimum Gasteiger partial charge on any atom is -0.390 e. The van der Waals surface area contributed by atoms with Crippen LogP contribution in [-0.2, 0) is 4.74 Å². The number of nitrogens with one attached hydrogen (secondary N) is 1. The molecule has 6 nitrogen and oxygen atoms in total. The number of benzene rings is 1. The normalized spacial score (nSPS) is 26.2. The van der Waals surface area contributed by atoms with Crippen molar-refractivity contribution in [2.45, 2.75) is 31.7 Å². The van der Waals surface area contributed by atoms with Crippen LogP contribution in [0.2, 0.25) is 0 Å². The quantitative estimate of drug-likeness (QED) is 0.715. The van der Waals surface area contributed by atoms with E-state index in [1.807, 2.05) is 19.1 Å². The zero-order valence-electron chi connectivity index (χ0n) is 11.1. The van der Waals surface area contributed by atoms with E-state index < -0.39 is 17.9 Å². The Bertz CT molecular complexity index is 715. The van der Waals surface area contributed by atoms with Gasteiger partial charge in [0.25, 0.3) is 0 Å². The molecule has 2 heterocycles. The van der Waals surface area contributed by atoms with E-state index in [1.54, 1.807) is 0 Å². The SMILES string of the molecule is [CH2][C@H]1O[C@@H](c2cc(C)cc3c(N)nc(=O)[nH]c23)C[C@H]1O. The third kappa shape index (κ3) is 2.07. The maximum absolute atomic E-state index is 11.5. The average Bonchev–Trinajstić information content (AvgIpc) is 2.70. The first kappa shape index (κ1) is 13.1. The summed E-state index contributed by atoms with van der Waals surface area (Å²) < 4.78 is 5.66. The van der Waals surface area contributed by atoms with Gasteiger partial charge in [-0.25, -0.2) is 4.79 Å². The van der Waals surface area contributed by atoms with E-state index in [9.17, 15) is 9.90 Å². The fourth-order valence-electron chi connectivity index (χ4n) is 2.64. The topological polar surface area (TPSA) is 101 Å². The van der Waals surface area contributed by atoms with Crippen molar-refractivity contribution in [1.82, 2.24) is 9.97 Å². The zero-order chi connectivity index (χ0) is 14.4. The predicted molar refractivity (Wildman–Crippen MR) is 75.1 cm³/mol. The Morgan fingerprint density at radius 3 is 2.95 bits per heavy atom. The number of aliphatic hydroxyl groups is 1. The van der Waals surface area contributed by atoms with Crippen molar-refractivity contribution >= 4 is 16.7 Å². The number of rotatable bonds is 1. The number of aryl methyl sites for hydroxylation is 1. The van der Waals surface area contributed by atoms with Gasteiger partial charge in [0.05, 0.1) is 23.8 Å². The summed E-state index contributed by atoms with van der Waals surface area (Å²) in [6.07, 6.45) is -0.952. The molecular weight excluding hydrogens is 258 g/mol. The lowest BCUT2D eigenvalue weighted by Gasteiger charge is -2.15. The molecule has 0 bridgehead atoms. The van der Waals surface area contributed by atoms with Gasteiger partial charge in [-0.2, -0.15) is 4.98 Å². The molecule has 1 fully saturated rings. The number of H-pyrrole nitrogens is 1. The highest BCUT2D eigenvalue weighted by Crippen LogP contribution is 2.36. The number of nitrogen functional groups attached to an aromatic ring is 1. The average molecular weight is 274 g/mol. The number of aromatic nitrogens is 2. The Morgan fingerprint density at radius 2 is 2.30 bits per heavy atom. The first-order valence-corrected chi connectivity index (χ1v) is 6.42. The molecule has 0 aliphatic carbocycles. The monoisotopic (exact) mass is 274 g/mol. The molecule has 0 saturated carbocycles. The molecule has 1 radical (unpaired) electrons. The third-order valence-electron chi connectivity index (χ3n) is 3.61. The summed E-state index contributed by atoms with van der Waals surface area (Å²) >= 11 is 0. The number of hydrogen-bond acceptors (Lipinski definition) is 5. The van der Waals surface area contributed by atoms with Crippen molar-refractivity contribution < 1.29 is 9.84 Å². The van der Waals surface area contributed by atoms with Crippen molar-refractivity contribution in [2.24, 2.45) is 0 Å². The van der Waals surface area contributed by atoms with E-state index in [0.717, 1.165) is 11.1 Å². The summed E-state index contributed by atoms with van der Waals surface area (Å²) in [7, 11) is 0. The third-order valence-corrected chi connectivity index (χ3v) is 3.61. The van der Waals surface area contributed by atoms with Crippen LogP contribution in [0.4, 0.5) is 5.82 Å². The Labute approximate surface area is 115 Å². The molecule has 1 aliphatic heterocycles. The van der Waals surface area contributed by atoms with Gasteiger partial charge in [-0.05, 0) is 25.5 Å². The second-order valence-electron chi connectivity index (χ2n) is 5.17. The smallest absolute Gasteiger partial charge is 0.347 e. The lowest BCUT2D eigenvalue weighted by Crippen LogP contribution is -2.16. The molecule has 0 unspecified atom stereocenters. The summed E-state index contributed by atoms with van der Waals surface area (Å²) in [5.74, 6) is 0.193. The molecule has 1 saturated heterocycles. The number of aromatic amines is 1. The van der Waals surface area contributed by atoms with Crippen molar-refractivity contribution in [3.05, 3.63) is 40.7 Å². The van der Waals surface area contributed by atoms with Gasteiger partial charge < -0.3 is 20.6 Å². The zero-order valence-corrected chi connectivity index (χ0v) is 11.1. The molecule has 3 rings (SSSR count). The van der Waals surface area contributed by atoms with Crippen LogP contribution >= 0.6 is 0 Å². The van der Waals surface area contributed by atoms with Gasteiger partial charge in [0.1, 0.15) is 5.82 Å². The Kier molecular flexibility index (Phi) is 2.99. The van der Waals surface area contributed by atoms with Crippen LogP contribution in [0.5, 0.6) is 0 Å². The van der Waals surface area contributed by atoms with Gasteiger partial charge in [-0.3, -0.25) is 0 Å². The van der Waals surface area contributed by atoms with Gasteiger partial charge in [-0.1, -0.05) is 6.07 Å². The first-order valence-electron chi connectivity index (χ1n) is 6.42. The molecule has 0 amide bonds. The van der Waals surface area contributed by atoms with E-state index in [-0.39, 0.29) is 11.9 Å². The molecule has 0 spiro atoms. The van der Waals surface area contributed by atoms with Gasteiger partial charge in [0.2, 0.25) is 0 Å². The van der Waals surface area contributed by atoms with Gasteiger partial charge in [0, 0.05) is 17.4 Å². The number of aliphatic hydroxyl groups excluding tert-OH is 1. The number of anilines is 1. The molecule has 1 aromatic carbocycles. The van der Waals surface area contributed by atoms with Gasteiger partial charge >= 0.3 is 5.69 Å². The first-order chi connectivity index (χ1) is 9.45. The van der Waals surface area contributed by atoms with Crippen molar-refractivity contribution in [1.29, 1.82) is 0 Å². The number of nitrogens with zero attached hydrogens (tertiary/aromatic N) is 1. The highest BCUT2D eigenvalue weighted by atomic mass is 16.5. The number of hydrogen-bond donors (Lipinski definition) is 3. The van der Waals surface area contributed by atoms with Crippen LogP contribution in [0.1, 0.15) is 23.7 Å². The van der Waals surface area contributed by atoms with E-state index in [0.29, 0.717) is 17.3 Å². The minimum absolute atomic E-state index is 0.193. The molecule has 2 aromatic rings. The van der Waals surface area contributed by atoms with Crippen LogP contribution in [0.25, 0.3) is 10.9 Å². The van der Waals surface area contributed by atoms with Crippen LogP contribution in [0.15, 0.2) is 16.9 Å². The highest BCUT2D eigenvalue weighted by molar-refractivity contribution is 5.90. The molecule has 105 valence electrons. The lowest BCUT2D eigenvalue weighted by atomic mass is 9.99. The van der Waals surface area contributed by atoms with Crippen LogP contribution < -0.4 is 11.4 Å². The second-order valence-corrected chi connectivity index (χ2v) is 5.17. The predicted octanol–water partition coefficient (Wildman–Crippen LogP) is 0.839. The fraction of sp³-hybridized carbons (Fsp3) is 0.357. The lowest BCUT2D eigenvalue weighted by molar-refractivity contribution is 0.0382. The fourth-order valence-corrected chi connectivity index (χ4v) is 2.64. The van der Waals surface area contributed by atoms with Gasteiger partial charge in [0.15, 0.2) is 0 Å². The van der Waals surface area contributed by atoms with E-state index >= 15 is 0 Å². The number of nitrogens with two attached hydrogens (primary N) is 1. The van der Waals surface area contributed by atoms with Crippen LogP contribution in [0, 0.1) is 13.8 Å². The maximum atomic E-state index is 11.5. The molecular formula is C14H16N3O3. The van der Waals surface area contributed by atoms with E-state index in [4.69, 9.17) is 10.5 Å². The Balaban J connectivity index is 2.22. The highest BCUT2D eigenvalue weighted by Gasteiger charge is 2.33. The van der Waals surface area contributed by atoms with Crippen LogP contribution in [0.3, 0.4) is 0 Å². The maximum Gasteiger partial charge on any atom is 0.347 e. The Morgan fingerprint density at radius 1 is 1.55 bits per heavy atom. The number of ether oxygens (including phenoxy) is 1. The molecule has 6 heteroatoms. The summed E-state index contributed by atoms with van der Waals surface area (Å²) in [6.45, 7) is 5.68. The summed E-state index contributed by atoms with van der Waals surface area (Å²) in [5, 5.41) is 10.5. The largest absolute Gasteiger partial charge is 0.390 e. The molecule has 1 aromatic heterocycles. The standard InChI is InChI=1S/C14H16N3O3/c1-6-3-8(11-5-10(18)7(2)20-11)12-9(4-6)13(15)17-14(19)16-12/h3-4,7,10-11,18H,2,5H2,1H3,(H3,15,16,17,19)/t7-,10-,11-/m1/s1. The second kappa shape index (κ2) is 4.57.